The third kappa shape index (κ3) is 7.45. The van der Waals surface area contributed by atoms with Gasteiger partial charge in [0, 0.05) is 94.0 Å². The Morgan fingerprint density at radius 1 is 0.267 bits per heavy atom. The first-order chi connectivity index (χ1) is 49.9. The maximum atomic E-state index is 2.76. The second-order valence-corrected chi connectivity index (χ2v) is 29.0. The monoisotopic (exact) mass is 1280 g/mol. The number of anilines is 6. The summed E-state index contributed by atoms with van der Waals surface area (Å²) in [5.41, 5.74) is 37.3. The van der Waals surface area contributed by atoms with Crippen molar-refractivity contribution in [3.05, 3.63) is 339 Å². The molecule has 0 bridgehead atoms. The van der Waals surface area contributed by atoms with Crippen LogP contribution in [0, 0.1) is 0 Å². The summed E-state index contributed by atoms with van der Waals surface area (Å²) in [4.78, 5) is 5.19. The Balaban J connectivity index is 0.722. The molecule has 0 atom stereocenters. The van der Waals surface area contributed by atoms with Gasteiger partial charge in [0.15, 0.2) is 0 Å². The third-order valence-electron chi connectivity index (χ3n) is 23.6. The van der Waals surface area contributed by atoms with Crippen LogP contribution in [0.15, 0.2) is 328 Å². The Labute approximate surface area is 585 Å². The molecule has 0 saturated heterocycles. The summed E-state index contributed by atoms with van der Waals surface area (Å²) in [7, 11) is 0. The van der Waals surface area contributed by atoms with Crippen LogP contribution in [0.2, 0.25) is 0 Å². The van der Waals surface area contributed by atoms with E-state index in [4.69, 9.17) is 0 Å². The van der Waals surface area contributed by atoms with Crippen molar-refractivity contribution in [2.45, 2.75) is 19.3 Å². The number of nitrogens with zero attached hydrogens (tertiary/aromatic N) is 4. The lowest BCUT2D eigenvalue weighted by molar-refractivity contribution is 0.632. The van der Waals surface area contributed by atoms with E-state index in [1.54, 1.807) is 0 Å². The number of hydrogen-bond acceptors (Lipinski definition) is 2. The van der Waals surface area contributed by atoms with Crippen LogP contribution >= 0.6 is 0 Å². The minimum absolute atomic E-state index is 0.0855. The van der Waals surface area contributed by atoms with Crippen LogP contribution in [0.25, 0.3) is 143 Å². The van der Waals surface area contributed by atoms with Gasteiger partial charge in [-0.1, -0.05) is 287 Å². The van der Waals surface area contributed by atoms with Gasteiger partial charge in [-0.15, -0.1) is 0 Å². The zero-order valence-electron chi connectivity index (χ0n) is 55.6. The van der Waals surface area contributed by atoms with Gasteiger partial charge in [-0.05, 0) is 170 Å². The summed E-state index contributed by atoms with van der Waals surface area (Å²) in [6.07, 6.45) is 0. The van der Waals surface area contributed by atoms with Gasteiger partial charge < -0.3 is 18.8 Å². The van der Waals surface area contributed by atoms with E-state index in [0.29, 0.717) is 0 Å². The van der Waals surface area contributed by atoms with E-state index in [1.807, 2.05) is 0 Å². The lowest BCUT2D eigenvalue weighted by Gasteiger charge is -2.48. The van der Waals surface area contributed by atoms with Crippen molar-refractivity contribution in [1.29, 1.82) is 0 Å². The summed E-state index contributed by atoms with van der Waals surface area (Å²) in [5.74, 6) is 0. The Morgan fingerprint density at radius 2 is 0.772 bits per heavy atom. The zero-order valence-corrected chi connectivity index (χ0v) is 55.6. The fourth-order valence-electron chi connectivity index (χ4n) is 19.2. The normalized spacial score (nSPS) is 13.8. The van der Waals surface area contributed by atoms with Crippen LogP contribution in [-0.4, -0.2) is 22.7 Å². The molecule has 101 heavy (non-hydrogen) atoms. The molecule has 18 aromatic rings. The molecule has 6 heteroatoms. The molecule has 2 aromatic heterocycles. The molecule has 16 aromatic carbocycles. The molecule has 5 aliphatic rings. The van der Waals surface area contributed by atoms with E-state index in [9.17, 15) is 0 Å². The summed E-state index contributed by atoms with van der Waals surface area (Å²) in [6.45, 7) is 4.63. The zero-order chi connectivity index (χ0) is 66.1. The molecule has 5 aliphatic heterocycles. The molecule has 0 spiro atoms. The van der Waals surface area contributed by atoms with Gasteiger partial charge >= 0.3 is 13.7 Å². The van der Waals surface area contributed by atoms with Crippen LogP contribution in [0.4, 0.5) is 34.1 Å². The first kappa shape index (κ1) is 55.4. The van der Waals surface area contributed by atoms with Crippen LogP contribution in [-0.2, 0) is 5.41 Å². The number of rotatable bonds is 6. The minimum atomic E-state index is -0.226. The SMILES string of the molecule is CC1(C)c2ccccc2N2c3cc(-c4ccccc4)cc4c3B(c3cccc1c32)n1c2c-4cccc2c2ccc3c(-c4ccc(-c5cc6c7c(c5)N(c5ccc(-c8ccccc8)cc5)c5ccc(-c8ccccc8)cc5B7n5c7ccc8ccccc8c7c7cccc-6c75)cc4)cccc3c21. The quantitative estimate of drug-likeness (QED) is 0.154. The van der Waals surface area contributed by atoms with Crippen molar-refractivity contribution in [3.63, 3.8) is 0 Å². The van der Waals surface area contributed by atoms with Gasteiger partial charge in [0.25, 0.3) is 0 Å². The van der Waals surface area contributed by atoms with E-state index < -0.39 is 0 Å². The summed E-state index contributed by atoms with van der Waals surface area (Å²) in [6, 6.07) is 124. The first-order valence-electron chi connectivity index (χ1n) is 35.5. The van der Waals surface area contributed by atoms with Gasteiger partial charge in [0.05, 0.1) is 5.69 Å². The molecular weight excluding hydrogens is 1220 g/mol. The molecule has 4 nitrogen and oxygen atoms in total. The van der Waals surface area contributed by atoms with E-state index in [0.717, 1.165) is 5.69 Å². The molecule has 23 rings (SSSR count). The Morgan fingerprint density at radius 3 is 1.50 bits per heavy atom. The number of hydrogen-bond donors (Lipinski definition) is 0. The van der Waals surface area contributed by atoms with Crippen molar-refractivity contribution >= 4 is 135 Å². The molecule has 0 radical (unpaired) electrons. The van der Waals surface area contributed by atoms with Crippen molar-refractivity contribution in [3.8, 4) is 77.9 Å². The van der Waals surface area contributed by atoms with Gasteiger partial charge in [-0.3, -0.25) is 0 Å². The highest BCUT2D eigenvalue weighted by molar-refractivity contribution is 6.91. The average molecular weight is 1280 g/mol. The largest absolute Gasteiger partial charge is 0.375 e. The van der Waals surface area contributed by atoms with Crippen molar-refractivity contribution in [2.75, 3.05) is 9.80 Å². The maximum absolute atomic E-state index is 2.76. The maximum Gasteiger partial charge on any atom is 0.333 e. The molecular formula is C95H60B2N4. The van der Waals surface area contributed by atoms with E-state index in [1.165, 1.54) is 204 Å². The topological polar surface area (TPSA) is 16.3 Å². The minimum Gasteiger partial charge on any atom is -0.375 e. The van der Waals surface area contributed by atoms with Crippen molar-refractivity contribution in [1.82, 2.24) is 8.96 Å². The molecule has 0 aliphatic carbocycles. The van der Waals surface area contributed by atoms with Gasteiger partial charge in [-0.2, -0.15) is 0 Å². The van der Waals surface area contributed by atoms with E-state index in [2.05, 4.69) is 360 Å². The Hall–Kier alpha value is -12.6. The fourth-order valence-corrected chi connectivity index (χ4v) is 19.2. The van der Waals surface area contributed by atoms with Gasteiger partial charge in [-0.25, -0.2) is 0 Å². The van der Waals surface area contributed by atoms with Crippen LogP contribution < -0.4 is 31.7 Å². The molecule has 0 saturated carbocycles. The molecule has 0 N–H and O–H groups in total. The predicted octanol–water partition coefficient (Wildman–Crippen LogP) is 22.0. The molecule has 0 unspecified atom stereocenters. The number of aromatic nitrogens is 2. The standard InChI is InChI=1S/C95H60B2N4/c1-95(2)79-34-14-15-37-83(79)99-87-56-65(59-24-10-5-11-25-59)52-77-73-31-17-30-72-75-49-48-70-68(28-16-29-71(70)91(75)101(92(72)73)96(90(77)87)81-36-19-35-80(95)94(81)99)63-40-38-61(39-41-63)66-53-78-74-32-18-33-76-88-69-27-13-12-26-62(69)44-51-85(88)100(93(74)76)97-82-54-64(58-22-8-4-9-23-58)45-50-84(82)98(86(55-66)89(78)97)67-46-42-60(43-47-67)57-20-6-3-7-21-57/h3-56H,1-2H3. The van der Waals surface area contributed by atoms with E-state index in [-0.39, 0.29) is 19.1 Å². The van der Waals surface area contributed by atoms with Crippen LogP contribution in [0.3, 0.4) is 0 Å². The highest BCUT2D eigenvalue weighted by atomic mass is 15.2. The van der Waals surface area contributed by atoms with Gasteiger partial charge in [0.1, 0.15) is 0 Å². The number of benzene rings is 16. The lowest BCUT2D eigenvalue weighted by Crippen LogP contribution is -2.58. The average Bonchev–Trinajstić information content (AvgIpc) is 1.64. The van der Waals surface area contributed by atoms with Crippen LogP contribution in [0.1, 0.15) is 25.0 Å². The van der Waals surface area contributed by atoms with E-state index >= 15 is 0 Å². The predicted molar refractivity (Wildman–Crippen MR) is 428 cm³/mol. The first-order valence-corrected chi connectivity index (χ1v) is 35.5. The second kappa shape index (κ2) is 20.3. The molecule has 466 valence electrons. The highest BCUT2D eigenvalue weighted by Gasteiger charge is 2.49. The van der Waals surface area contributed by atoms with Gasteiger partial charge in [0.2, 0.25) is 0 Å². The lowest BCUT2D eigenvalue weighted by atomic mass is 9.44. The second-order valence-electron chi connectivity index (χ2n) is 29.0. The molecule has 7 heterocycles. The number of para-hydroxylation sites is 4. The highest BCUT2D eigenvalue weighted by Crippen LogP contribution is 2.56. The Bertz CT molecular complexity index is 6670. The smallest absolute Gasteiger partial charge is 0.333 e. The molecule has 0 fully saturated rings. The molecule has 0 amide bonds. The fraction of sp³-hybridized carbons (Fsp3) is 0.0316. The summed E-state index contributed by atoms with van der Waals surface area (Å²) >= 11 is 0. The van der Waals surface area contributed by atoms with Crippen molar-refractivity contribution < 1.29 is 0 Å². The number of fused-ring (bicyclic) bond motifs is 20. The van der Waals surface area contributed by atoms with Crippen molar-refractivity contribution in [2.24, 2.45) is 0 Å². The Kier molecular flexibility index (Phi) is 11.1. The van der Waals surface area contributed by atoms with Crippen LogP contribution in [0.5, 0.6) is 0 Å². The third-order valence-corrected chi connectivity index (χ3v) is 23.6. The summed E-state index contributed by atoms with van der Waals surface area (Å²) < 4.78 is 5.47. The summed E-state index contributed by atoms with van der Waals surface area (Å²) in [5, 5.41) is 10.2.